The van der Waals surface area contributed by atoms with Gasteiger partial charge in [-0.25, -0.2) is 0 Å². The van der Waals surface area contributed by atoms with Crippen molar-refractivity contribution in [1.82, 2.24) is 0 Å². The molecule has 0 bridgehead atoms. The summed E-state index contributed by atoms with van der Waals surface area (Å²) >= 11 is 1.46. The first-order valence-corrected chi connectivity index (χ1v) is 8.50. The number of ketones is 1. The number of rotatable bonds is 8. The summed E-state index contributed by atoms with van der Waals surface area (Å²) in [5.41, 5.74) is 6.69. The van der Waals surface area contributed by atoms with Crippen LogP contribution in [0.4, 0.5) is 10.7 Å². The van der Waals surface area contributed by atoms with Gasteiger partial charge in [-0.1, -0.05) is 20.8 Å². The van der Waals surface area contributed by atoms with Gasteiger partial charge in [-0.3, -0.25) is 4.79 Å². The van der Waals surface area contributed by atoms with Crippen molar-refractivity contribution in [3.63, 3.8) is 0 Å². The van der Waals surface area contributed by atoms with Crippen LogP contribution in [0.2, 0.25) is 0 Å². The standard InChI is InChI=1S/C16H28N2O2S/c1-7-12(19)15-13(17)14(20-11(5)6)16(21-15)18(8-2)9-10(3)4/h10-11H,7-9,17H2,1-6H3. The van der Waals surface area contributed by atoms with Crippen molar-refractivity contribution in [3.8, 4) is 5.75 Å². The first kappa shape index (κ1) is 17.8. The summed E-state index contributed by atoms with van der Waals surface area (Å²) in [7, 11) is 0. The lowest BCUT2D eigenvalue weighted by Crippen LogP contribution is -2.27. The zero-order valence-electron chi connectivity index (χ0n) is 14.0. The lowest BCUT2D eigenvalue weighted by Gasteiger charge is -2.25. The van der Waals surface area contributed by atoms with Crippen molar-refractivity contribution < 1.29 is 9.53 Å². The third-order valence-electron chi connectivity index (χ3n) is 3.06. The molecular formula is C16H28N2O2S. The molecule has 1 aromatic heterocycles. The number of thiophene rings is 1. The zero-order valence-corrected chi connectivity index (χ0v) is 14.8. The fourth-order valence-corrected chi connectivity index (χ4v) is 3.38. The molecule has 0 saturated heterocycles. The summed E-state index contributed by atoms with van der Waals surface area (Å²) in [5.74, 6) is 1.29. The van der Waals surface area contributed by atoms with Gasteiger partial charge in [-0.2, -0.15) is 0 Å². The van der Waals surface area contributed by atoms with E-state index in [1.807, 2.05) is 20.8 Å². The molecule has 0 aliphatic rings. The normalized spacial score (nSPS) is 11.2. The SMILES string of the molecule is CCC(=O)c1sc(N(CC)CC(C)C)c(OC(C)C)c1N. The predicted octanol–water partition coefficient (Wildman–Crippen LogP) is 4.19. The maximum absolute atomic E-state index is 12.1. The first-order valence-electron chi connectivity index (χ1n) is 7.68. The lowest BCUT2D eigenvalue weighted by molar-refractivity contribution is 0.0992. The van der Waals surface area contributed by atoms with Crippen LogP contribution in [0.3, 0.4) is 0 Å². The number of nitrogens with two attached hydrogens (primary N) is 1. The number of hydrogen-bond donors (Lipinski definition) is 1. The van der Waals surface area contributed by atoms with Crippen molar-refractivity contribution in [2.24, 2.45) is 5.92 Å². The molecule has 0 aliphatic heterocycles. The predicted molar refractivity (Wildman–Crippen MR) is 91.8 cm³/mol. The van der Waals surface area contributed by atoms with E-state index in [9.17, 15) is 4.79 Å². The van der Waals surface area contributed by atoms with E-state index in [0.717, 1.165) is 18.1 Å². The fraction of sp³-hybridized carbons (Fsp3) is 0.688. The van der Waals surface area contributed by atoms with Crippen LogP contribution in [0.5, 0.6) is 5.75 Å². The van der Waals surface area contributed by atoms with Crippen LogP contribution < -0.4 is 15.4 Å². The number of ether oxygens (including phenoxy) is 1. The van der Waals surface area contributed by atoms with Gasteiger partial charge in [-0.15, -0.1) is 11.3 Å². The summed E-state index contributed by atoms with van der Waals surface area (Å²) in [6.45, 7) is 14.1. The molecule has 0 saturated carbocycles. The summed E-state index contributed by atoms with van der Waals surface area (Å²) in [6, 6.07) is 0. The third kappa shape index (κ3) is 4.37. The maximum atomic E-state index is 12.1. The maximum Gasteiger partial charge on any atom is 0.177 e. The van der Waals surface area contributed by atoms with Gasteiger partial charge < -0.3 is 15.4 Å². The Labute approximate surface area is 132 Å². The quantitative estimate of drug-likeness (QED) is 0.731. The van der Waals surface area contributed by atoms with Crippen LogP contribution in [-0.2, 0) is 0 Å². The van der Waals surface area contributed by atoms with E-state index in [-0.39, 0.29) is 11.9 Å². The highest BCUT2D eigenvalue weighted by Gasteiger charge is 2.25. The molecule has 5 heteroatoms. The minimum atomic E-state index is 0.0305. The fourth-order valence-electron chi connectivity index (χ4n) is 2.14. The Bertz CT molecular complexity index is 481. The molecular weight excluding hydrogens is 284 g/mol. The monoisotopic (exact) mass is 312 g/mol. The average molecular weight is 312 g/mol. The number of carbonyl (C=O) groups is 1. The summed E-state index contributed by atoms with van der Waals surface area (Å²) in [4.78, 5) is 15.0. The number of carbonyl (C=O) groups excluding carboxylic acids is 1. The van der Waals surface area contributed by atoms with Crippen LogP contribution in [0.25, 0.3) is 0 Å². The second-order valence-electron chi connectivity index (χ2n) is 5.85. The highest BCUT2D eigenvalue weighted by atomic mass is 32.1. The molecule has 4 nitrogen and oxygen atoms in total. The van der Waals surface area contributed by atoms with Crippen molar-refractivity contribution in [2.75, 3.05) is 23.7 Å². The molecule has 1 rings (SSSR count). The highest BCUT2D eigenvalue weighted by molar-refractivity contribution is 7.19. The second kappa shape index (κ2) is 7.69. The van der Waals surface area contributed by atoms with E-state index >= 15 is 0 Å². The average Bonchev–Trinajstić information content (AvgIpc) is 2.72. The number of hydrogen-bond acceptors (Lipinski definition) is 5. The number of nitrogens with zero attached hydrogens (tertiary/aromatic N) is 1. The molecule has 1 aromatic rings. The van der Waals surface area contributed by atoms with Crippen LogP contribution in [0.15, 0.2) is 0 Å². The van der Waals surface area contributed by atoms with Gasteiger partial charge in [0.1, 0.15) is 5.00 Å². The molecule has 2 N–H and O–H groups in total. The number of nitrogen functional groups attached to an aromatic ring is 1. The van der Waals surface area contributed by atoms with Crippen molar-refractivity contribution in [3.05, 3.63) is 4.88 Å². The lowest BCUT2D eigenvalue weighted by atomic mass is 10.2. The van der Waals surface area contributed by atoms with Crippen LogP contribution in [0, 0.1) is 5.92 Å². The molecule has 0 aliphatic carbocycles. The number of Topliss-reactive ketones (excluding diaryl/α,β-unsaturated/α-hetero) is 1. The molecule has 120 valence electrons. The topological polar surface area (TPSA) is 55.6 Å². The molecule has 21 heavy (non-hydrogen) atoms. The summed E-state index contributed by atoms with van der Waals surface area (Å²) in [5, 5.41) is 0.981. The van der Waals surface area contributed by atoms with Crippen molar-refractivity contribution >= 4 is 27.8 Å². The smallest absolute Gasteiger partial charge is 0.177 e. The van der Waals surface area contributed by atoms with E-state index in [4.69, 9.17) is 10.5 Å². The van der Waals surface area contributed by atoms with Crippen molar-refractivity contribution in [2.45, 2.75) is 54.1 Å². The van der Waals surface area contributed by atoms with Gasteiger partial charge in [0, 0.05) is 19.5 Å². The van der Waals surface area contributed by atoms with E-state index in [2.05, 4.69) is 25.7 Å². The summed E-state index contributed by atoms with van der Waals surface area (Å²) in [6.07, 6.45) is 0.490. The Balaban J connectivity index is 3.29. The van der Waals surface area contributed by atoms with Gasteiger partial charge in [0.15, 0.2) is 11.5 Å². The summed E-state index contributed by atoms with van der Waals surface area (Å²) < 4.78 is 5.91. The molecule has 0 spiro atoms. The first-order chi connectivity index (χ1) is 9.81. The largest absolute Gasteiger partial charge is 0.486 e. The second-order valence-corrected chi connectivity index (χ2v) is 6.85. The molecule has 0 aromatic carbocycles. The van der Waals surface area contributed by atoms with E-state index in [0.29, 0.717) is 28.7 Å². The molecule has 0 unspecified atom stereocenters. The molecule has 0 fully saturated rings. The van der Waals surface area contributed by atoms with Gasteiger partial charge in [0.2, 0.25) is 0 Å². The molecule has 1 heterocycles. The molecule has 0 atom stereocenters. The van der Waals surface area contributed by atoms with E-state index < -0.39 is 0 Å². The van der Waals surface area contributed by atoms with Crippen LogP contribution >= 0.6 is 11.3 Å². The van der Waals surface area contributed by atoms with Crippen LogP contribution in [-0.4, -0.2) is 25.0 Å². The van der Waals surface area contributed by atoms with Gasteiger partial charge in [0.25, 0.3) is 0 Å². The Morgan fingerprint density at radius 1 is 1.29 bits per heavy atom. The minimum Gasteiger partial charge on any atom is -0.486 e. The minimum absolute atomic E-state index is 0.0305. The third-order valence-corrected chi connectivity index (χ3v) is 4.35. The Kier molecular flexibility index (Phi) is 6.52. The Morgan fingerprint density at radius 2 is 1.90 bits per heavy atom. The van der Waals surface area contributed by atoms with Gasteiger partial charge >= 0.3 is 0 Å². The Morgan fingerprint density at radius 3 is 2.33 bits per heavy atom. The Hall–Kier alpha value is -1.23. The highest BCUT2D eigenvalue weighted by Crippen LogP contribution is 2.46. The van der Waals surface area contributed by atoms with Crippen LogP contribution in [0.1, 0.15) is 57.6 Å². The van der Waals surface area contributed by atoms with Crippen molar-refractivity contribution in [1.29, 1.82) is 0 Å². The molecule has 0 amide bonds. The molecule has 0 radical (unpaired) electrons. The number of anilines is 2. The van der Waals surface area contributed by atoms with E-state index in [1.165, 1.54) is 11.3 Å². The zero-order chi connectivity index (χ0) is 16.2. The van der Waals surface area contributed by atoms with Gasteiger partial charge in [-0.05, 0) is 26.7 Å². The van der Waals surface area contributed by atoms with Gasteiger partial charge in [0.05, 0.1) is 16.7 Å². The van der Waals surface area contributed by atoms with E-state index in [1.54, 1.807) is 0 Å².